The molecular formula is C19H27N5. The fourth-order valence-corrected chi connectivity index (χ4v) is 2.79. The quantitative estimate of drug-likeness (QED) is 0.939. The Labute approximate surface area is 144 Å². The summed E-state index contributed by atoms with van der Waals surface area (Å²) in [5.74, 6) is 1.70. The van der Waals surface area contributed by atoms with Gasteiger partial charge < -0.3 is 15.1 Å². The number of rotatable bonds is 3. The standard InChI is InChI=1S/C19H27N5/c1-19(2,3)22-17-14-16(15-8-6-5-7-9-15)20-18(21-17)24-12-10-23(4)11-13-24/h5-9,14H,10-13H2,1-4H3,(H,20,21,22). The van der Waals surface area contributed by atoms with Gasteiger partial charge in [-0.1, -0.05) is 30.3 Å². The largest absolute Gasteiger partial charge is 0.365 e. The molecule has 0 aliphatic carbocycles. The molecule has 2 heterocycles. The van der Waals surface area contributed by atoms with Gasteiger partial charge in [0, 0.05) is 43.3 Å². The van der Waals surface area contributed by atoms with Gasteiger partial charge in [-0.05, 0) is 27.8 Å². The molecule has 2 aromatic rings. The number of anilines is 2. The first kappa shape index (κ1) is 16.7. The van der Waals surface area contributed by atoms with Gasteiger partial charge in [-0.15, -0.1) is 0 Å². The van der Waals surface area contributed by atoms with E-state index in [1.807, 2.05) is 24.3 Å². The molecule has 1 aromatic heterocycles. The fraction of sp³-hybridized carbons (Fsp3) is 0.474. The van der Waals surface area contributed by atoms with Crippen molar-refractivity contribution in [3.05, 3.63) is 36.4 Å². The molecule has 1 aliphatic rings. The third kappa shape index (κ3) is 4.23. The van der Waals surface area contributed by atoms with Crippen LogP contribution in [0.1, 0.15) is 20.8 Å². The zero-order valence-corrected chi connectivity index (χ0v) is 15.1. The summed E-state index contributed by atoms with van der Waals surface area (Å²) in [5.41, 5.74) is 2.04. The molecule has 0 bridgehead atoms. The van der Waals surface area contributed by atoms with Gasteiger partial charge in [0.2, 0.25) is 5.95 Å². The first-order chi connectivity index (χ1) is 11.4. The molecule has 0 spiro atoms. The van der Waals surface area contributed by atoms with Gasteiger partial charge in [0.05, 0.1) is 5.69 Å². The number of likely N-dealkylation sites (N-methyl/N-ethyl adjacent to an activating group) is 1. The fourth-order valence-electron chi connectivity index (χ4n) is 2.79. The summed E-state index contributed by atoms with van der Waals surface area (Å²) in [6, 6.07) is 12.3. The van der Waals surface area contributed by atoms with Crippen molar-refractivity contribution in [2.45, 2.75) is 26.3 Å². The highest BCUT2D eigenvalue weighted by Gasteiger charge is 2.19. The van der Waals surface area contributed by atoms with E-state index in [0.717, 1.165) is 49.2 Å². The number of nitrogens with zero attached hydrogens (tertiary/aromatic N) is 4. The molecule has 0 amide bonds. The monoisotopic (exact) mass is 325 g/mol. The predicted molar refractivity (Wildman–Crippen MR) is 101 cm³/mol. The molecule has 0 atom stereocenters. The lowest BCUT2D eigenvalue weighted by Crippen LogP contribution is -2.45. The Morgan fingerprint density at radius 3 is 2.25 bits per heavy atom. The zero-order chi connectivity index (χ0) is 17.2. The molecule has 0 saturated carbocycles. The van der Waals surface area contributed by atoms with Crippen molar-refractivity contribution in [2.75, 3.05) is 43.4 Å². The predicted octanol–water partition coefficient (Wildman–Crippen LogP) is 3.11. The van der Waals surface area contributed by atoms with Crippen molar-refractivity contribution in [3.63, 3.8) is 0 Å². The first-order valence-corrected chi connectivity index (χ1v) is 8.57. The van der Waals surface area contributed by atoms with E-state index in [-0.39, 0.29) is 5.54 Å². The number of nitrogens with one attached hydrogen (secondary N) is 1. The smallest absolute Gasteiger partial charge is 0.227 e. The average Bonchev–Trinajstić information content (AvgIpc) is 2.54. The van der Waals surface area contributed by atoms with Gasteiger partial charge in [0.1, 0.15) is 5.82 Å². The molecule has 1 saturated heterocycles. The molecule has 1 aromatic carbocycles. The number of benzene rings is 1. The van der Waals surface area contributed by atoms with Crippen LogP contribution in [0.3, 0.4) is 0 Å². The van der Waals surface area contributed by atoms with Crippen LogP contribution in [0.25, 0.3) is 11.3 Å². The number of aromatic nitrogens is 2. The summed E-state index contributed by atoms with van der Waals surface area (Å²) in [7, 11) is 2.16. The van der Waals surface area contributed by atoms with Gasteiger partial charge >= 0.3 is 0 Å². The maximum atomic E-state index is 4.84. The van der Waals surface area contributed by atoms with Crippen LogP contribution in [-0.4, -0.2) is 53.6 Å². The molecule has 1 N–H and O–H groups in total. The topological polar surface area (TPSA) is 44.3 Å². The Kier molecular flexibility index (Phi) is 4.71. The lowest BCUT2D eigenvalue weighted by atomic mass is 10.1. The molecular weight excluding hydrogens is 298 g/mol. The van der Waals surface area contributed by atoms with E-state index in [1.54, 1.807) is 0 Å². The van der Waals surface area contributed by atoms with Crippen LogP contribution in [-0.2, 0) is 0 Å². The molecule has 3 rings (SSSR count). The lowest BCUT2D eigenvalue weighted by molar-refractivity contribution is 0.311. The van der Waals surface area contributed by atoms with E-state index >= 15 is 0 Å². The summed E-state index contributed by atoms with van der Waals surface area (Å²) in [6.45, 7) is 10.4. The van der Waals surface area contributed by atoms with E-state index in [1.165, 1.54) is 0 Å². The van der Waals surface area contributed by atoms with E-state index in [9.17, 15) is 0 Å². The maximum Gasteiger partial charge on any atom is 0.227 e. The second-order valence-corrected chi connectivity index (χ2v) is 7.47. The van der Waals surface area contributed by atoms with Crippen LogP contribution in [0.2, 0.25) is 0 Å². The number of piperazine rings is 1. The van der Waals surface area contributed by atoms with E-state index in [4.69, 9.17) is 9.97 Å². The van der Waals surface area contributed by atoms with Crippen LogP contribution in [0, 0.1) is 0 Å². The van der Waals surface area contributed by atoms with Crippen molar-refractivity contribution < 1.29 is 0 Å². The van der Waals surface area contributed by atoms with Crippen molar-refractivity contribution in [1.29, 1.82) is 0 Å². The third-order valence-corrected chi connectivity index (χ3v) is 4.07. The summed E-state index contributed by atoms with van der Waals surface area (Å²) >= 11 is 0. The Morgan fingerprint density at radius 2 is 1.62 bits per heavy atom. The summed E-state index contributed by atoms with van der Waals surface area (Å²) < 4.78 is 0. The van der Waals surface area contributed by atoms with E-state index in [2.05, 4.69) is 55.1 Å². The van der Waals surface area contributed by atoms with Crippen LogP contribution in [0.15, 0.2) is 36.4 Å². The molecule has 24 heavy (non-hydrogen) atoms. The SMILES string of the molecule is CN1CCN(c2nc(NC(C)(C)C)cc(-c3ccccc3)n2)CC1. The van der Waals surface area contributed by atoms with Crippen LogP contribution in [0.4, 0.5) is 11.8 Å². The second kappa shape index (κ2) is 6.77. The van der Waals surface area contributed by atoms with Crippen LogP contribution < -0.4 is 10.2 Å². The summed E-state index contributed by atoms with van der Waals surface area (Å²) in [4.78, 5) is 14.2. The summed E-state index contributed by atoms with van der Waals surface area (Å²) in [6.07, 6.45) is 0. The number of hydrogen-bond acceptors (Lipinski definition) is 5. The molecule has 5 heteroatoms. The third-order valence-electron chi connectivity index (χ3n) is 4.07. The Balaban J connectivity index is 1.96. The highest BCUT2D eigenvalue weighted by atomic mass is 15.3. The minimum absolute atomic E-state index is 0.0400. The van der Waals surface area contributed by atoms with Crippen molar-refractivity contribution >= 4 is 11.8 Å². The Hall–Kier alpha value is -2.14. The van der Waals surface area contributed by atoms with E-state index in [0.29, 0.717) is 0 Å². The zero-order valence-electron chi connectivity index (χ0n) is 15.1. The second-order valence-electron chi connectivity index (χ2n) is 7.47. The molecule has 0 unspecified atom stereocenters. The van der Waals surface area contributed by atoms with Gasteiger partial charge in [-0.25, -0.2) is 4.98 Å². The van der Waals surface area contributed by atoms with E-state index < -0.39 is 0 Å². The lowest BCUT2D eigenvalue weighted by Gasteiger charge is -2.33. The highest BCUT2D eigenvalue weighted by molar-refractivity contribution is 5.64. The highest BCUT2D eigenvalue weighted by Crippen LogP contribution is 2.25. The molecule has 5 nitrogen and oxygen atoms in total. The van der Waals surface area contributed by atoms with Gasteiger partial charge in [0.25, 0.3) is 0 Å². The first-order valence-electron chi connectivity index (χ1n) is 8.57. The minimum Gasteiger partial charge on any atom is -0.365 e. The Bertz CT molecular complexity index is 670. The van der Waals surface area contributed by atoms with Crippen molar-refractivity contribution in [1.82, 2.24) is 14.9 Å². The Morgan fingerprint density at radius 1 is 0.958 bits per heavy atom. The van der Waals surface area contributed by atoms with Gasteiger partial charge in [-0.2, -0.15) is 4.98 Å². The maximum absolute atomic E-state index is 4.84. The summed E-state index contributed by atoms with van der Waals surface area (Å²) in [5, 5.41) is 3.49. The van der Waals surface area contributed by atoms with Gasteiger partial charge in [-0.3, -0.25) is 0 Å². The molecule has 1 fully saturated rings. The molecule has 0 radical (unpaired) electrons. The van der Waals surface area contributed by atoms with Gasteiger partial charge in [0.15, 0.2) is 0 Å². The van der Waals surface area contributed by atoms with Crippen LogP contribution in [0.5, 0.6) is 0 Å². The molecule has 1 aliphatic heterocycles. The van der Waals surface area contributed by atoms with Crippen molar-refractivity contribution in [3.8, 4) is 11.3 Å². The number of hydrogen-bond donors (Lipinski definition) is 1. The normalized spacial score (nSPS) is 16.2. The molecule has 128 valence electrons. The minimum atomic E-state index is -0.0400. The van der Waals surface area contributed by atoms with Crippen molar-refractivity contribution in [2.24, 2.45) is 0 Å². The van der Waals surface area contributed by atoms with Crippen LogP contribution >= 0.6 is 0 Å². The average molecular weight is 325 g/mol.